The number of nitrogens with one attached hydrogen (secondary N) is 1. The summed E-state index contributed by atoms with van der Waals surface area (Å²) in [4.78, 5) is 24.9. The van der Waals surface area contributed by atoms with E-state index in [1.165, 1.54) is 11.3 Å². The van der Waals surface area contributed by atoms with Crippen LogP contribution in [0.4, 0.5) is 5.95 Å². The highest BCUT2D eigenvalue weighted by atomic mass is 32.1. The molecule has 0 radical (unpaired) electrons. The van der Waals surface area contributed by atoms with E-state index < -0.39 is 0 Å². The Bertz CT molecular complexity index is 680. The monoisotopic (exact) mass is 332 g/mol. The summed E-state index contributed by atoms with van der Waals surface area (Å²) in [5.74, 6) is 1.28. The minimum atomic E-state index is 0.0270. The Kier molecular flexibility index (Phi) is 4.76. The summed E-state index contributed by atoms with van der Waals surface area (Å²) >= 11 is 1.53. The number of carbonyl (C=O) groups excluding carboxylic acids is 1. The van der Waals surface area contributed by atoms with Crippen LogP contribution < -0.4 is 15.0 Å². The van der Waals surface area contributed by atoms with E-state index in [2.05, 4.69) is 20.2 Å². The van der Waals surface area contributed by atoms with Crippen LogP contribution in [0.25, 0.3) is 0 Å². The number of thiophene rings is 1. The average molecular weight is 332 g/mol. The van der Waals surface area contributed by atoms with E-state index >= 15 is 0 Å². The van der Waals surface area contributed by atoms with E-state index in [0.29, 0.717) is 11.8 Å². The summed E-state index contributed by atoms with van der Waals surface area (Å²) in [7, 11) is 1.60. The molecular weight excluding hydrogens is 312 g/mol. The van der Waals surface area contributed by atoms with Crippen molar-refractivity contribution < 1.29 is 9.53 Å². The summed E-state index contributed by atoms with van der Waals surface area (Å²) in [6, 6.07) is 5.79. The molecule has 1 aliphatic heterocycles. The number of aryl methyl sites for hydroxylation is 1. The van der Waals surface area contributed by atoms with Crippen molar-refractivity contribution in [2.45, 2.75) is 25.8 Å². The molecule has 1 fully saturated rings. The summed E-state index contributed by atoms with van der Waals surface area (Å²) in [6.45, 7) is 3.65. The molecule has 0 aliphatic carbocycles. The Morgan fingerprint density at radius 2 is 2.13 bits per heavy atom. The number of amides is 1. The molecule has 2 aromatic heterocycles. The number of hydrogen-bond donors (Lipinski definition) is 1. The Labute approximate surface area is 139 Å². The number of ether oxygens (including phenoxy) is 1. The lowest BCUT2D eigenvalue weighted by molar-refractivity contribution is 0.0935. The third kappa shape index (κ3) is 3.79. The molecule has 1 amide bonds. The lowest BCUT2D eigenvalue weighted by atomic mass is 10.1. The molecular formula is C16H20N4O2S. The maximum absolute atomic E-state index is 12.2. The molecule has 0 saturated carbocycles. The van der Waals surface area contributed by atoms with Gasteiger partial charge in [-0.15, -0.1) is 11.3 Å². The molecule has 3 rings (SSSR count). The van der Waals surface area contributed by atoms with Crippen LogP contribution in [0.5, 0.6) is 5.88 Å². The van der Waals surface area contributed by atoms with E-state index in [4.69, 9.17) is 4.74 Å². The van der Waals surface area contributed by atoms with Crippen LogP contribution in [0.1, 0.15) is 27.4 Å². The van der Waals surface area contributed by atoms with Crippen LogP contribution in [-0.4, -0.2) is 42.1 Å². The first-order valence-electron chi connectivity index (χ1n) is 7.65. The first kappa shape index (κ1) is 15.7. The van der Waals surface area contributed by atoms with Crippen molar-refractivity contribution >= 4 is 23.2 Å². The van der Waals surface area contributed by atoms with Crippen molar-refractivity contribution in [1.29, 1.82) is 0 Å². The molecule has 0 atom stereocenters. The Morgan fingerprint density at radius 1 is 1.35 bits per heavy atom. The van der Waals surface area contributed by atoms with Crippen molar-refractivity contribution in [2.75, 3.05) is 25.1 Å². The topological polar surface area (TPSA) is 67.3 Å². The van der Waals surface area contributed by atoms with Gasteiger partial charge in [0.25, 0.3) is 5.91 Å². The Balaban J connectivity index is 1.55. The minimum absolute atomic E-state index is 0.0270. The van der Waals surface area contributed by atoms with Crippen molar-refractivity contribution in [3.05, 3.63) is 34.2 Å². The van der Waals surface area contributed by atoms with Crippen LogP contribution in [0.3, 0.4) is 0 Å². The molecule has 6 nitrogen and oxygen atoms in total. The third-order valence-corrected chi connectivity index (χ3v) is 4.90. The number of aromatic nitrogens is 2. The summed E-state index contributed by atoms with van der Waals surface area (Å²) in [5.41, 5.74) is 0. The van der Waals surface area contributed by atoms with Gasteiger partial charge in [-0.25, -0.2) is 4.98 Å². The molecule has 1 aliphatic rings. The molecule has 1 N–H and O–H groups in total. The zero-order valence-corrected chi connectivity index (χ0v) is 14.1. The van der Waals surface area contributed by atoms with Crippen molar-refractivity contribution in [3.63, 3.8) is 0 Å². The summed E-state index contributed by atoms with van der Waals surface area (Å²) < 4.78 is 5.14. The van der Waals surface area contributed by atoms with E-state index in [1.807, 2.05) is 19.1 Å². The predicted molar refractivity (Wildman–Crippen MR) is 90.3 cm³/mol. The van der Waals surface area contributed by atoms with Crippen LogP contribution in [0.2, 0.25) is 0 Å². The normalized spacial score (nSPS) is 15.5. The highest BCUT2D eigenvalue weighted by Gasteiger charge is 2.23. The van der Waals surface area contributed by atoms with Gasteiger partial charge in [0.15, 0.2) is 0 Å². The second-order valence-electron chi connectivity index (χ2n) is 5.54. The van der Waals surface area contributed by atoms with Gasteiger partial charge in [-0.05, 0) is 31.9 Å². The molecule has 0 bridgehead atoms. The zero-order chi connectivity index (χ0) is 16.2. The SMILES string of the molecule is COc1ccnc(N2CCC(NC(=O)c3ccc(C)s3)CC2)n1. The molecule has 0 aromatic carbocycles. The zero-order valence-electron chi connectivity index (χ0n) is 13.3. The van der Waals surface area contributed by atoms with Gasteiger partial charge >= 0.3 is 0 Å². The van der Waals surface area contributed by atoms with Gasteiger partial charge in [0.2, 0.25) is 11.8 Å². The maximum atomic E-state index is 12.2. The second-order valence-corrected chi connectivity index (χ2v) is 6.83. The van der Waals surface area contributed by atoms with E-state index in [1.54, 1.807) is 19.4 Å². The van der Waals surface area contributed by atoms with Gasteiger partial charge in [0.1, 0.15) is 0 Å². The molecule has 122 valence electrons. The number of rotatable bonds is 4. The number of nitrogens with zero attached hydrogens (tertiary/aromatic N) is 3. The molecule has 1 saturated heterocycles. The van der Waals surface area contributed by atoms with Crippen molar-refractivity contribution in [2.24, 2.45) is 0 Å². The molecule has 7 heteroatoms. The third-order valence-electron chi connectivity index (χ3n) is 3.90. The minimum Gasteiger partial charge on any atom is -0.481 e. The number of hydrogen-bond acceptors (Lipinski definition) is 6. The largest absolute Gasteiger partial charge is 0.481 e. The van der Waals surface area contributed by atoms with Gasteiger partial charge in [0, 0.05) is 36.3 Å². The average Bonchev–Trinajstić information content (AvgIpc) is 3.02. The Morgan fingerprint density at radius 3 is 2.78 bits per heavy atom. The van der Waals surface area contributed by atoms with Crippen molar-refractivity contribution in [1.82, 2.24) is 15.3 Å². The van der Waals surface area contributed by atoms with E-state index in [0.717, 1.165) is 35.7 Å². The first-order chi connectivity index (χ1) is 11.2. The van der Waals surface area contributed by atoms with Crippen LogP contribution in [0, 0.1) is 6.92 Å². The molecule has 3 heterocycles. The second kappa shape index (κ2) is 6.95. The van der Waals surface area contributed by atoms with E-state index in [-0.39, 0.29) is 11.9 Å². The quantitative estimate of drug-likeness (QED) is 0.930. The molecule has 0 unspecified atom stereocenters. The summed E-state index contributed by atoms with van der Waals surface area (Å²) in [6.07, 6.45) is 3.47. The van der Waals surface area contributed by atoms with Gasteiger partial charge in [-0.1, -0.05) is 0 Å². The number of methoxy groups -OCH3 is 1. The van der Waals surface area contributed by atoms with Gasteiger partial charge in [-0.3, -0.25) is 4.79 Å². The van der Waals surface area contributed by atoms with E-state index in [9.17, 15) is 4.79 Å². The Hall–Kier alpha value is -2.15. The molecule has 23 heavy (non-hydrogen) atoms. The van der Waals surface area contributed by atoms with Gasteiger partial charge < -0.3 is 15.0 Å². The highest BCUT2D eigenvalue weighted by molar-refractivity contribution is 7.13. The van der Waals surface area contributed by atoms with Crippen molar-refractivity contribution in [3.8, 4) is 5.88 Å². The van der Waals surface area contributed by atoms with Gasteiger partial charge in [-0.2, -0.15) is 4.98 Å². The standard InChI is InChI=1S/C16H20N4O2S/c1-11-3-4-13(23-11)15(21)18-12-6-9-20(10-7-12)16-17-8-5-14(19-16)22-2/h3-5,8,12H,6-7,9-10H2,1-2H3,(H,18,21). The number of piperidine rings is 1. The molecule has 2 aromatic rings. The number of anilines is 1. The van der Waals surface area contributed by atoms with Gasteiger partial charge in [0.05, 0.1) is 12.0 Å². The number of carbonyl (C=O) groups is 1. The smallest absolute Gasteiger partial charge is 0.261 e. The fraction of sp³-hybridized carbons (Fsp3) is 0.438. The van der Waals surface area contributed by atoms with Crippen LogP contribution in [-0.2, 0) is 0 Å². The lowest BCUT2D eigenvalue weighted by Gasteiger charge is -2.32. The lowest BCUT2D eigenvalue weighted by Crippen LogP contribution is -2.45. The fourth-order valence-corrected chi connectivity index (χ4v) is 3.41. The van der Waals surface area contributed by atoms with Crippen LogP contribution >= 0.6 is 11.3 Å². The summed E-state index contributed by atoms with van der Waals surface area (Å²) in [5, 5.41) is 3.12. The maximum Gasteiger partial charge on any atom is 0.261 e. The predicted octanol–water partition coefficient (Wildman–Crippen LogP) is 2.25. The van der Waals surface area contributed by atoms with Crippen LogP contribution in [0.15, 0.2) is 24.4 Å². The first-order valence-corrected chi connectivity index (χ1v) is 8.46. The fourth-order valence-electron chi connectivity index (χ4n) is 2.64. The highest BCUT2D eigenvalue weighted by Crippen LogP contribution is 2.19. The molecule has 0 spiro atoms.